The summed E-state index contributed by atoms with van der Waals surface area (Å²) in [6, 6.07) is 16.4. The maximum absolute atomic E-state index is 13.9. The van der Waals surface area contributed by atoms with E-state index in [1.165, 1.54) is 9.13 Å². The van der Waals surface area contributed by atoms with Gasteiger partial charge in [0, 0.05) is 24.2 Å². The topological polar surface area (TPSA) is 91.1 Å². The lowest BCUT2D eigenvalue weighted by atomic mass is 10.1. The van der Waals surface area contributed by atoms with Crippen LogP contribution in [0.2, 0.25) is 5.02 Å². The average molecular weight is 503 g/mol. The molecule has 9 heteroatoms. The predicted molar refractivity (Wildman–Crippen MR) is 143 cm³/mol. The molecule has 0 saturated carbocycles. The van der Waals surface area contributed by atoms with Crippen LogP contribution in [0.15, 0.2) is 64.2 Å². The van der Waals surface area contributed by atoms with E-state index >= 15 is 0 Å². The molecule has 1 unspecified atom stereocenters. The number of imidazole rings is 1. The van der Waals surface area contributed by atoms with Crippen molar-refractivity contribution < 1.29 is 0 Å². The van der Waals surface area contributed by atoms with Crippen molar-refractivity contribution in [2.24, 2.45) is 5.73 Å². The molecule has 0 amide bonds. The number of aromatic nitrogens is 4. The van der Waals surface area contributed by atoms with Gasteiger partial charge in [0.15, 0.2) is 11.2 Å². The summed E-state index contributed by atoms with van der Waals surface area (Å²) in [5.74, 6) is 6.58. The molecule has 0 spiro atoms. The van der Waals surface area contributed by atoms with Crippen LogP contribution in [-0.2, 0) is 13.1 Å². The Labute approximate surface area is 213 Å². The molecule has 184 valence electrons. The minimum Gasteiger partial charge on any atom is -0.341 e. The summed E-state index contributed by atoms with van der Waals surface area (Å²) in [5.41, 5.74) is 7.28. The van der Waals surface area contributed by atoms with Gasteiger partial charge in [0.05, 0.1) is 18.8 Å². The van der Waals surface area contributed by atoms with Gasteiger partial charge >= 0.3 is 5.69 Å². The van der Waals surface area contributed by atoms with Gasteiger partial charge in [-0.05, 0) is 43.5 Å². The molecule has 1 aliphatic heterocycles. The number of nitrogens with zero attached hydrogens (tertiary/aromatic N) is 5. The second kappa shape index (κ2) is 10.1. The molecule has 0 bridgehead atoms. The van der Waals surface area contributed by atoms with Crippen LogP contribution in [0.3, 0.4) is 0 Å². The Morgan fingerprint density at radius 3 is 2.56 bits per heavy atom. The van der Waals surface area contributed by atoms with E-state index in [0.717, 1.165) is 19.4 Å². The van der Waals surface area contributed by atoms with Crippen LogP contribution in [0, 0.1) is 11.8 Å². The van der Waals surface area contributed by atoms with Crippen molar-refractivity contribution >= 4 is 28.7 Å². The van der Waals surface area contributed by atoms with Crippen molar-refractivity contribution in [3.8, 4) is 17.5 Å². The molecular weight excluding hydrogens is 476 g/mol. The molecule has 1 atom stereocenters. The van der Waals surface area contributed by atoms with Crippen LogP contribution in [0.1, 0.15) is 25.3 Å². The summed E-state index contributed by atoms with van der Waals surface area (Å²) in [7, 11) is 0. The lowest BCUT2D eigenvalue weighted by molar-refractivity contribution is 0.496. The number of fused-ring (bicyclic) bond motifs is 1. The molecule has 1 fully saturated rings. The van der Waals surface area contributed by atoms with Gasteiger partial charge in [-0.1, -0.05) is 53.9 Å². The molecule has 8 nitrogen and oxygen atoms in total. The van der Waals surface area contributed by atoms with E-state index in [1.807, 2.05) is 53.1 Å². The summed E-state index contributed by atoms with van der Waals surface area (Å²) in [5, 5.41) is 0.489. The van der Waals surface area contributed by atoms with E-state index in [-0.39, 0.29) is 19.1 Å². The number of hydrogen-bond acceptors (Lipinski definition) is 5. The third-order valence-electron chi connectivity index (χ3n) is 6.47. The third kappa shape index (κ3) is 4.32. The largest absolute Gasteiger partial charge is 0.341 e. The lowest BCUT2D eigenvalue weighted by Gasteiger charge is -2.31. The van der Waals surface area contributed by atoms with Gasteiger partial charge in [-0.15, -0.1) is 5.92 Å². The highest BCUT2D eigenvalue weighted by Gasteiger charge is 2.27. The molecule has 1 aliphatic rings. The fraction of sp³-hybridized carbons (Fsp3) is 0.296. The zero-order valence-corrected chi connectivity index (χ0v) is 20.8. The quantitative estimate of drug-likeness (QED) is 0.424. The molecule has 4 aromatic rings. The van der Waals surface area contributed by atoms with Crippen LogP contribution in [0.4, 0.5) is 5.95 Å². The number of hydrogen-bond donors (Lipinski definition) is 1. The van der Waals surface area contributed by atoms with Crippen molar-refractivity contribution in [3.05, 3.63) is 86.0 Å². The molecule has 1 saturated heterocycles. The highest BCUT2D eigenvalue weighted by Crippen LogP contribution is 2.25. The van der Waals surface area contributed by atoms with Crippen LogP contribution in [0.25, 0.3) is 16.9 Å². The number of benzene rings is 2. The monoisotopic (exact) mass is 502 g/mol. The molecule has 0 aliphatic carbocycles. The van der Waals surface area contributed by atoms with Gasteiger partial charge in [0.1, 0.15) is 0 Å². The van der Waals surface area contributed by atoms with E-state index in [9.17, 15) is 9.59 Å². The first-order chi connectivity index (χ1) is 17.5. The summed E-state index contributed by atoms with van der Waals surface area (Å²) in [6.45, 7) is 3.44. The fourth-order valence-corrected chi connectivity index (χ4v) is 4.90. The minimum atomic E-state index is -0.480. The Morgan fingerprint density at radius 1 is 1.08 bits per heavy atom. The number of anilines is 1. The van der Waals surface area contributed by atoms with Crippen LogP contribution in [0.5, 0.6) is 0 Å². The normalized spacial score (nSPS) is 15.6. The summed E-state index contributed by atoms with van der Waals surface area (Å²) >= 11 is 6.39. The van der Waals surface area contributed by atoms with Crippen molar-refractivity contribution in [1.29, 1.82) is 0 Å². The van der Waals surface area contributed by atoms with Crippen molar-refractivity contribution in [3.63, 3.8) is 0 Å². The van der Waals surface area contributed by atoms with E-state index in [1.54, 1.807) is 13.0 Å². The summed E-state index contributed by atoms with van der Waals surface area (Å²) in [4.78, 5) is 34.8. The molecule has 5 rings (SSSR count). The molecule has 2 N–H and O–H groups in total. The van der Waals surface area contributed by atoms with Crippen molar-refractivity contribution in [2.45, 2.75) is 38.9 Å². The fourth-order valence-electron chi connectivity index (χ4n) is 4.71. The molecular formula is C27H27ClN6O2. The smallest absolute Gasteiger partial charge is 0.337 e. The van der Waals surface area contributed by atoms with Gasteiger partial charge < -0.3 is 10.6 Å². The molecule has 36 heavy (non-hydrogen) atoms. The van der Waals surface area contributed by atoms with Crippen molar-refractivity contribution in [1.82, 2.24) is 18.7 Å². The Balaban J connectivity index is 1.84. The Bertz CT molecular complexity index is 1590. The second-order valence-corrected chi connectivity index (χ2v) is 9.29. The highest BCUT2D eigenvalue weighted by molar-refractivity contribution is 6.31. The minimum absolute atomic E-state index is 0.0115. The standard InChI is InChI=1S/C27H27ClN6O2/c1-2-3-16-32-23-24(30-26(32)31-15-9-11-20(29)18-31)34(21-12-5-4-6-13-21)27(36)33(25(23)35)17-19-10-7-8-14-22(19)28/h4-8,10,12-14,20H,9,11,15-18,29H2,1H3. The Morgan fingerprint density at radius 2 is 1.83 bits per heavy atom. The third-order valence-corrected chi connectivity index (χ3v) is 6.83. The number of rotatable bonds is 5. The van der Waals surface area contributed by atoms with Gasteiger partial charge in [0.2, 0.25) is 5.95 Å². The first-order valence-electron chi connectivity index (χ1n) is 11.9. The van der Waals surface area contributed by atoms with E-state index in [2.05, 4.69) is 16.7 Å². The van der Waals surface area contributed by atoms with Gasteiger partial charge in [-0.3, -0.25) is 13.9 Å². The molecule has 2 aromatic heterocycles. The van der Waals surface area contributed by atoms with E-state index < -0.39 is 11.2 Å². The second-order valence-electron chi connectivity index (χ2n) is 8.88. The van der Waals surface area contributed by atoms with Crippen molar-refractivity contribution in [2.75, 3.05) is 18.0 Å². The van der Waals surface area contributed by atoms with Crippen LogP contribution < -0.4 is 21.9 Å². The average Bonchev–Trinajstić information content (AvgIpc) is 3.26. The highest BCUT2D eigenvalue weighted by atomic mass is 35.5. The van der Waals surface area contributed by atoms with E-state index in [0.29, 0.717) is 39.9 Å². The Hall–Kier alpha value is -3.80. The number of halogens is 1. The summed E-state index contributed by atoms with van der Waals surface area (Å²) in [6.07, 6.45) is 1.86. The SMILES string of the molecule is CC#CCn1c(N2CCCC(N)C2)nc2c1c(=O)n(Cc1ccccc1Cl)c(=O)n2-c1ccccc1. The van der Waals surface area contributed by atoms with E-state index in [4.69, 9.17) is 22.3 Å². The zero-order chi connectivity index (χ0) is 25.2. The van der Waals surface area contributed by atoms with Crippen LogP contribution in [-0.4, -0.2) is 37.8 Å². The number of para-hydroxylation sites is 1. The molecule has 0 radical (unpaired) electrons. The lowest BCUT2D eigenvalue weighted by Crippen LogP contribution is -2.44. The number of nitrogens with two attached hydrogens (primary N) is 1. The maximum Gasteiger partial charge on any atom is 0.337 e. The predicted octanol–water partition coefficient (Wildman–Crippen LogP) is 3.00. The first kappa shape index (κ1) is 23.9. The zero-order valence-electron chi connectivity index (χ0n) is 20.0. The molecule has 2 aromatic carbocycles. The first-order valence-corrected chi connectivity index (χ1v) is 12.3. The van der Waals surface area contributed by atoms with Crippen LogP contribution >= 0.6 is 11.6 Å². The van der Waals surface area contributed by atoms with Gasteiger partial charge in [0.25, 0.3) is 5.56 Å². The molecule has 3 heterocycles. The maximum atomic E-state index is 13.9. The Kier molecular flexibility index (Phi) is 6.68. The van der Waals surface area contributed by atoms with Gasteiger partial charge in [-0.2, -0.15) is 4.98 Å². The van der Waals surface area contributed by atoms with Gasteiger partial charge in [-0.25, -0.2) is 9.36 Å². The summed E-state index contributed by atoms with van der Waals surface area (Å²) < 4.78 is 4.53. The number of piperidine rings is 1.